The number of rotatable bonds is 6. The van der Waals surface area contributed by atoms with Crippen molar-refractivity contribution in [2.75, 3.05) is 6.54 Å². The molecular weight excluding hydrogens is 266 g/mol. The topological polar surface area (TPSA) is 53.7 Å². The number of hydrogen-bond acceptors (Lipinski definition) is 3. The van der Waals surface area contributed by atoms with Crippen molar-refractivity contribution < 1.29 is 14.3 Å². The third-order valence-corrected chi connectivity index (χ3v) is 3.92. The van der Waals surface area contributed by atoms with Gasteiger partial charge in [0.25, 0.3) is 0 Å². The molecule has 1 fully saturated rings. The van der Waals surface area contributed by atoms with E-state index in [1.54, 1.807) is 0 Å². The Morgan fingerprint density at radius 3 is 2.71 bits per heavy atom. The fourth-order valence-electron chi connectivity index (χ4n) is 2.88. The third-order valence-electron chi connectivity index (χ3n) is 3.92. The Morgan fingerprint density at radius 1 is 1.38 bits per heavy atom. The van der Waals surface area contributed by atoms with Crippen LogP contribution in [0.3, 0.4) is 0 Å². The van der Waals surface area contributed by atoms with Crippen LogP contribution >= 0.6 is 0 Å². The van der Waals surface area contributed by atoms with Gasteiger partial charge in [0.2, 0.25) is 5.76 Å². The van der Waals surface area contributed by atoms with Gasteiger partial charge in [0.05, 0.1) is 0 Å². The number of benzene rings is 1. The van der Waals surface area contributed by atoms with E-state index in [1.165, 1.54) is 12.8 Å². The monoisotopic (exact) mass is 287 g/mol. The summed E-state index contributed by atoms with van der Waals surface area (Å²) in [6.45, 7) is 6.03. The summed E-state index contributed by atoms with van der Waals surface area (Å²) in [5, 5.41) is 10.3. The van der Waals surface area contributed by atoms with Crippen LogP contribution in [0, 0.1) is 5.92 Å². The number of carboxylic acid groups (broad SMARTS) is 1. The van der Waals surface area contributed by atoms with Crippen molar-refractivity contribution in [3.05, 3.63) is 35.6 Å². The highest BCUT2D eigenvalue weighted by molar-refractivity contribution is 5.95. The van der Waals surface area contributed by atoms with Crippen LogP contribution in [-0.4, -0.2) is 28.6 Å². The number of hydrogen-bond donors (Lipinski definition) is 1. The molecular formula is C17H21NO3. The number of fused-ring (bicyclic) bond motifs is 1. The minimum absolute atomic E-state index is 0.0885. The smallest absolute Gasteiger partial charge is 0.372 e. The number of para-hydroxylation sites is 1. The lowest BCUT2D eigenvalue weighted by Gasteiger charge is -2.23. The number of furan rings is 1. The quantitative estimate of drug-likeness (QED) is 0.879. The van der Waals surface area contributed by atoms with Gasteiger partial charge in [-0.2, -0.15) is 0 Å². The Hall–Kier alpha value is -1.81. The number of aromatic carboxylic acids is 1. The third kappa shape index (κ3) is 2.95. The van der Waals surface area contributed by atoms with Gasteiger partial charge in [-0.1, -0.05) is 32.0 Å². The van der Waals surface area contributed by atoms with Crippen LogP contribution < -0.4 is 0 Å². The van der Waals surface area contributed by atoms with E-state index in [0.29, 0.717) is 24.1 Å². The minimum Gasteiger partial charge on any atom is -0.475 e. The largest absolute Gasteiger partial charge is 0.475 e. The maximum atomic E-state index is 11.5. The fraction of sp³-hybridized carbons (Fsp3) is 0.471. The van der Waals surface area contributed by atoms with E-state index in [0.717, 1.165) is 17.5 Å². The molecule has 1 saturated carbocycles. The first kappa shape index (κ1) is 14.1. The second-order valence-corrected chi connectivity index (χ2v) is 6.27. The molecule has 112 valence electrons. The van der Waals surface area contributed by atoms with Gasteiger partial charge in [-0.05, 0) is 24.8 Å². The van der Waals surface area contributed by atoms with E-state index in [9.17, 15) is 9.90 Å². The van der Waals surface area contributed by atoms with Crippen molar-refractivity contribution in [1.29, 1.82) is 0 Å². The van der Waals surface area contributed by atoms with E-state index < -0.39 is 5.97 Å². The van der Waals surface area contributed by atoms with Gasteiger partial charge >= 0.3 is 5.97 Å². The molecule has 0 atom stereocenters. The molecule has 4 nitrogen and oxygen atoms in total. The molecule has 0 spiro atoms. The lowest BCUT2D eigenvalue weighted by atomic mass is 10.1. The number of carbonyl (C=O) groups is 1. The van der Waals surface area contributed by atoms with Crippen LogP contribution in [0.15, 0.2) is 28.7 Å². The summed E-state index contributed by atoms with van der Waals surface area (Å²) < 4.78 is 5.54. The molecule has 1 heterocycles. The fourth-order valence-corrected chi connectivity index (χ4v) is 2.88. The van der Waals surface area contributed by atoms with Crippen LogP contribution in [0.5, 0.6) is 0 Å². The highest BCUT2D eigenvalue weighted by Crippen LogP contribution is 2.33. The molecule has 0 unspecified atom stereocenters. The van der Waals surface area contributed by atoms with E-state index >= 15 is 0 Å². The summed E-state index contributed by atoms with van der Waals surface area (Å²) in [5.41, 5.74) is 1.47. The maximum Gasteiger partial charge on any atom is 0.372 e. The van der Waals surface area contributed by atoms with E-state index in [2.05, 4.69) is 18.7 Å². The zero-order chi connectivity index (χ0) is 15.0. The van der Waals surface area contributed by atoms with Gasteiger partial charge in [-0.3, -0.25) is 4.90 Å². The van der Waals surface area contributed by atoms with E-state index in [1.807, 2.05) is 24.3 Å². The van der Waals surface area contributed by atoms with Crippen molar-refractivity contribution in [2.24, 2.45) is 5.92 Å². The summed E-state index contributed by atoms with van der Waals surface area (Å²) in [4.78, 5) is 13.9. The highest BCUT2D eigenvalue weighted by Gasteiger charge is 2.31. The Labute approximate surface area is 124 Å². The van der Waals surface area contributed by atoms with Gasteiger partial charge in [-0.15, -0.1) is 0 Å². The first-order valence-electron chi connectivity index (χ1n) is 7.54. The molecule has 1 aliphatic rings. The maximum absolute atomic E-state index is 11.5. The van der Waals surface area contributed by atoms with Crippen LogP contribution in [0.4, 0.5) is 0 Å². The molecule has 0 amide bonds. The molecule has 0 saturated heterocycles. The summed E-state index contributed by atoms with van der Waals surface area (Å²) in [7, 11) is 0. The van der Waals surface area contributed by atoms with E-state index in [-0.39, 0.29) is 5.76 Å². The Balaban J connectivity index is 1.97. The number of carboxylic acids is 1. The highest BCUT2D eigenvalue weighted by atomic mass is 16.4. The van der Waals surface area contributed by atoms with Crippen molar-refractivity contribution in [2.45, 2.75) is 39.3 Å². The Bertz CT molecular complexity index is 655. The molecule has 1 aromatic carbocycles. The second-order valence-electron chi connectivity index (χ2n) is 6.27. The molecule has 4 heteroatoms. The lowest BCUT2D eigenvalue weighted by Crippen LogP contribution is -2.30. The number of nitrogens with zero attached hydrogens (tertiary/aromatic N) is 1. The lowest BCUT2D eigenvalue weighted by molar-refractivity contribution is 0.0661. The zero-order valence-corrected chi connectivity index (χ0v) is 12.5. The standard InChI is InChI=1S/C17H21NO3/c1-11(2)9-18(12-7-8-12)10-14-13-5-3-4-6-15(13)21-16(14)17(19)20/h3-6,11-12H,7-10H2,1-2H3,(H,19,20). The molecule has 21 heavy (non-hydrogen) atoms. The van der Waals surface area contributed by atoms with Gasteiger partial charge in [0, 0.05) is 30.1 Å². The molecule has 0 radical (unpaired) electrons. The summed E-state index contributed by atoms with van der Waals surface area (Å²) in [6, 6.07) is 8.17. The SMILES string of the molecule is CC(C)CN(Cc1c(C(=O)O)oc2ccccc12)C1CC1. The Kier molecular flexibility index (Phi) is 3.72. The average Bonchev–Trinajstić information content (AvgIpc) is 3.21. The molecule has 0 bridgehead atoms. The summed E-state index contributed by atoms with van der Waals surface area (Å²) in [5.74, 6) is -0.329. The van der Waals surface area contributed by atoms with Gasteiger partial charge in [0.1, 0.15) is 5.58 Å². The predicted octanol–water partition coefficient (Wildman–Crippen LogP) is 3.75. The van der Waals surface area contributed by atoms with Crippen molar-refractivity contribution in [3.63, 3.8) is 0 Å². The van der Waals surface area contributed by atoms with Crippen molar-refractivity contribution in [1.82, 2.24) is 4.90 Å². The molecule has 0 aliphatic heterocycles. The van der Waals surface area contributed by atoms with Crippen LogP contribution in [0.1, 0.15) is 42.8 Å². The van der Waals surface area contributed by atoms with E-state index in [4.69, 9.17) is 4.42 Å². The van der Waals surface area contributed by atoms with Gasteiger partial charge in [0.15, 0.2) is 0 Å². The van der Waals surface area contributed by atoms with Gasteiger partial charge in [-0.25, -0.2) is 4.79 Å². The predicted molar refractivity (Wildman–Crippen MR) is 81.4 cm³/mol. The Morgan fingerprint density at radius 2 is 2.10 bits per heavy atom. The van der Waals surface area contributed by atoms with Crippen molar-refractivity contribution in [3.8, 4) is 0 Å². The summed E-state index contributed by atoms with van der Waals surface area (Å²) >= 11 is 0. The van der Waals surface area contributed by atoms with Crippen molar-refractivity contribution >= 4 is 16.9 Å². The zero-order valence-electron chi connectivity index (χ0n) is 12.5. The molecule has 1 aliphatic carbocycles. The average molecular weight is 287 g/mol. The van der Waals surface area contributed by atoms with Gasteiger partial charge < -0.3 is 9.52 Å². The first-order chi connectivity index (χ1) is 10.1. The molecule has 1 aromatic heterocycles. The molecule has 3 rings (SSSR count). The van der Waals surface area contributed by atoms with Crippen LogP contribution in [-0.2, 0) is 6.54 Å². The summed E-state index contributed by atoms with van der Waals surface area (Å²) in [6.07, 6.45) is 2.43. The van der Waals surface area contributed by atoms with Crippen LogP contribution in [0.25, 0.3) is 11.0 Å². The minimum atomic E-state index is -0.985. The molecule has 2 aromatic rings. The second kappa shape index (κ2) is 5.53. The first-order valence-corrected chi connectivity index (χ1v) is 7.54. The normalized spacial score (nSPS) is 15.2. The molecule has 1 N–H and O–H groups in total. The van der Waals surface area contributed by atoms with Crippen LogP contribution in [0.2, 0.25) is 0 Å².